The Hall–Kier alpha value is -2.89. The van der Waals surface area contributed by atoms with Gasteiger partial charge in [0.25, 0.3) is 0 Å². The van der Waals surface area contributed by atoms with Crippen LogP contribution >= 0.6 is 0 Å². The standard InChI is InChI=1S/C58H102O6/c1-4-7-10-13-16-19-22-25-27-28-29-31-33-36-39-42-45-48-51-57(60)63-54-55(53-62-56(59)50-47-44-41-38-35-32-24-21-18-15-12-9-6-3)64-58(61)52-49-46-43-40-37-34-30-26-23-20-17-14-11-8-5-2/h9,12,18-19,21-22,27-28,32,35,55H,4-8,10-11,13-17,20,23-26,29-31,33-34,36-54H2,1-3H3/b12-9-,21-18-,22-19-,28-27-,35-32-. The van der Waals surface area contributed by atoms with E-state index in [1.807, 2.05) is 0 Å². The molecule has 0 aliphatic rings. The zero-order valence-electron chi connectivity index (χ0n) is 42.3. The van der Waals surface area contributed by atoms with Crippen molar-refractivity contribution in [3.05, 3.63) is 60.8 Å². The number of allylic oxidation sites excluding steroid dienone is 10. The Morgan fingerprint density at radius 3 is 0.984 bits per heavy atom. The largest absolute Gasteiger partial charge is 0.462 e. The van der Waals surface area contributed by atoms with Gasteiger partial charge in [-0.2, -0.15) is 0 Å². The molecule has 0 saturated carbocycles. The molecular weight excluding hydrogens is 793 g/mol. The average Bonchev–Trinajstić information content (AvgIpc) is 3.29. The van der Waals surface area contributed by atoms with Crippen molar-refractivity contribution in [1.82, 2.24) is 0 Å². The molecule has 0 radical (unpaired) electrons. The summed E-state index contributed by atoms with van der Waals surface area (Å²) in [7, 11) is 0. The number of esters is 3. The first-order valence-corrected chi connectivity index (χ1v) is 27.3. The molecule has 1 atom stereocenters. The fourth-order valence-corrected chi connectivity index (χ4v) is 7.66. The third kappa shape index (κ3) is 50.1. The van der Waals surface area contributed by atoms with Crippen LogP contribution in [0, 0.1) is 0 Å². The van der Waals surface area contributed by atoms with Crippen LogP contribution in [0.25, 0.3) is 0 Å². The molecule has 0 bridgehead atoms. The Morgan fingerprint density at radius 2 is 0.609 bits per heavy atom. The molecule has 0 spiro atoms. The summed E-state index contributed by atoms with van der Waals surface area (Å²) in [6, 6.07) is 0. The molecule has 1 unspecified atom stereocenters. The van der Waals surface area contributed by atoms with Gasteiger partial charge in [-0.15, -0.1) is 0 Å². The first-order chi connectivity index (χ1) is 31.5. The maximum atomic E-state index is 12.8. The summed E-state index contributed by atoms with van der Waals surface area (Å²) < 4.78 is 16.8. The second kappa shape index (κ2) is 52.7. The average molecular weight is 895 g/mol. The lowest BCUT2D eigenvalue weighted by molar-refractivity contribution is -0.167. The van der Waals surface area contributed by atoms with Crippen molar-refractivity contribution in [3.8, 4) is 0 Å². The normalized spacial score (nSPS) is 12.5. The smallest absolute Gasteiger partial charge is 0.306 e. The number of ether oxygens (including phenoxy) is 3. The lowest BCUT2D eigenvalue weighted by Gasteiger charge is -2.18. The van der Waals surface area contributed by atoms with Gasteiger partial charge < -0.3 is 14.2 Å². The highest BCUT2D eigenvalue weighted by Crippen LogP contribution is 2.15. The monoisotopic (exact) mass is 895 g/mol. The van der Waals surface area contributed by atoms with Crippen LogP contribution in [0.15, 0.2) is 60.8 Å². The number of carbonyl (C=O) groups is 3. The van der Waals surface area contributed by atoms with Crippen molar-refractivity contribution in [2.75, 3.05) is 13.2 Å². The van der Waals surface area contributed by atoms with E-state index in [4.69, 9.17) is 14.2 Å². The summed E-state index contributed by atoms with van der Waals surface area (Å²) in [6.45, 7) is 6.50. The highest BCUT2D eigenvalue weighted by Gasteiger charge is 2.19. The summed E-state index contributed by atoms with van der Waals surface area (Å²) in [5.41, 5.74) is 0. The minimum Gasteiger partial charge on any atom is -0.462 e. The van der Waals surface area contributed by atoms with Gasteiger partial charge in [0.1, 0.15) is 13.2 Å². The van der Waals surface area contributed by atoms with Crippen molar-refractivity contribution >= 4 is 17.9 Å². The van der Waals surface area contributed by atoms with Crippen LogP contribution in [0.2, 0.25) is 0 Å². The molecule has 0 amide bonds. The second-order valence-corrected chi connectivity index (χ2v) is 18.1. The SMILES string of the molecule is CC/C=C\C/C=C\C/C=C\CCCCCC(=O)OCC(COC(=O)CCCCCCCCC/C=C\C/C=C\CCCCCC)OC(=O)CCCCCCCCCCCCCCCCC. The summed E-state index contributed by atoms with van der Waals surface area (Å²) in [6.07, 6.45) is 64.9. The third-order valence-corrected chi connectivity index (χ3v) is 11.8. The maximum Gasteiger partial charge on any atom is 0.306 e. The number of carbonyl (C=O) groups excluding carboxylic acids is 3. The first kappa shape index (κ1) is 61.1. The number of hydrogen-bond acceptors (Lipinski definition) is 6. The van der Waals surface area contributed by atoms with Crippen LogP contribution in [-0.4, -0.2) is 37.2 Å². The Kier molecular flexibility index (Phi) is 50.4. The van der Waals surface area contributed by atoms with E-state index in [0.717, 1.165) is 96.3 Å². The Balaban J connectivity index is 4.39. The minimum atomic E-state index is -0.787. The van der Waals surface area contributed by atoms with Crippen molar-refractivity contribution in [3.63, 3.8) is 0 Å². The molecule has 6 heteroatoms. The summed E-state index contributed by atoms with van der Waals surface area (Å²) in [5, 5.41) is 0. The summed E-state index contributed by atoms with van der Waals surface area (Å²) in [4.78, 5) is 38.0. The van der Waals surface area contributed by atoms with E-state index in [9.17, 15) is 14.4 Å². The van der Waals surface area contributed by atoms with E-state index in [0.29, 0.717) is 19.3 Å². The Morgan fingerprint density at radius 1 is 0.328 bits per heavy atom. The van der Waals surface area contributed by atoms with Gasteiger partial charge in [0.05, 0.1) is 0 Å². The Bertz CT molecular complexity index is 1170. The van der Waals surface area contributed by atoms with Gasteiger partial charge in [0, 0.05) is 19.3 Å². The van der Waals surface area contributed by atoms with Gasteiger partial charge in [0.2, 0.25) is 0 Å². The molecule has 64 heavy (non-hydrogen) atoms. The van der Waals surface area contributed by atoms with Crippen LogP contribution in [-0.2, 0) is 28.6 Å². The topological polar surface area (TPSA) is 78.9 Å². The highest BCUT2D eigenvalue weighted by molar-refractivity contribution is 5.71. The zero-order chi connectivity index (χ0) is 46.5. The summed E-state index contributed by atoms with van der Waals surface area (Å²) in [5.74, 6) is -0.914. The molecule has 0 N–H and O–H groups in total. The fraction of sp³-hybridized carbons (Fsp3) is 0.776. The van der Waals surface area contributed by atoms with Crippen LogP contribution in [0.1, 0.15) is 271 Å². The van der Waals surface area contributed by atoms with Crippen LogP contribution in [0.3, 0.4) is 0 Å². The lowest BCUT2D eigenvalue weighted by Crippen LogP contribution is -2.30. The van der Waals surface area contributed by atoms with Crippen LogP contribution in [0.4, 0.5) is 0 Å². The van der Waals surface area contributed by atoms with Crippen LogP contribution < -0.4 is 0 Å². The molecular formula is C58H102O6. The van der Waals surface area contributed by atoms with Gasteiger partial charge >= 0.3 is 17.9 Å². The minimum absolute atomic E-state index is 0.0859. The molecule has 0 aliphatic heterocycles. The third-order valence-electron chi connectivity index (χ3n) is 11.8. The Labute approximate surface area is 396 Å². The van der Waals surface area contributed by atoms with E-state index < -0.39 is 6.10 Å². The van der Waals surface area contributed by atoms with Crippen molar-refractivity contribution < 1.29 is 28.6 Å². The number of rotatable bonds is 49. The van der Waals surface area contributed by atoms with Crippen molar-refractivity contribution in [2.24, 2.45) is 0 Å². The number of hydrogen-bond donors (Lipinski definition) is 0. The molecule has 0 saturated heterocycles. The van der Waals surface area contributed by atoms with Crippen molar-refractivity contribution in [1.29, 1.82) is 0 Å². The molecule has 6 nitrogen and oxygen atoms in total. The summed E-state index contributed by atoms with van der Waals surface area (Å²) >= 11 is 0. The van der Waals surface area contributed by atoms with E-state index >= 15 is 0 Å². The van der Waals surface area contributed by atoms with E-state index in [1.165, 1.54) is 135 Å². The second-order valence-electron chi connectivity index (χ2n) is 18.1. The molecule has 0 aromatic heterocycles. The fourth-order valence-electron chi connectivity index (χ4n) is 7.66. The highest BCUT2D eigenvalue weighted by atomic mass is 16.6. The van der Waals surface area contributed by atoms with Gasteiger partial charge in [-0.25, -0.2) is 0 Å². The van der Waals surface area contributed by atoms with Crippen molar-refractivity contribution in [2.45, 2.75) is 277 Å². The molecule has 0 aromatic rings. The van der Waals surface area contributed by atoms with E-state index in [2.05, 4.69) is 81.5 Å². The molecule has 0 aromatic carbocycles. The van der Waals surface area contributed by atoms with Gasteiger partial charge in [-0.3, -0.25) is 14.4 Å². The van der Waals surface area contributed by atoms with Gasteiger partial charge in [-0.1, -0.05) is 229 Å². The molecule has 370 valence electrons. The van der Waals surface area contributed by atoms with Gasteiger partial charge in [0.15, 0.2) is 6.10 Å². The predicted octanol–water partition coefficient (Wildman–Crippen LogP) is 18.0. The molecule has 0 rings (SSSR count). The maximum absolute atomic E-state index is 12.8. The molecule has 0 fully saturated rings. The predicted molar refractivity (Wildman–Crippen MR) is 275 cm³/mol. The number of unbranched alkanes of at least 4 members (excludes halogenated alkanes) is 28. The zero-order valence-corrected chi connectivity index (χ0v) is 42.3. The van der Waals surface area contributed by atoms with E-state index in [-0.39, 0.29) is 31.1 Å². The van der Waals surface area contributed by atoms with Gasteiger partial charge in [-0.05, 0) is 83.5 Å². The lowest BCUT2D eigenvalue weighted by atomic mass is 10.0. The molecule has 0 aliphatic carbocycles. The molecule has 0 heterocycles. The first-order valence-electron chi connectivity index (χ1n) is 27.3. The van der Waals surface area contributed by atoms with E-state index in [1.54, 1.807) is 0 Å². The quantitative estimate of drug-likeness (QED) is 0.0262. The van der Waals surface area contributed by atoms with Crippen LogP contribution in [0.5, 0.6) is 0 Å².